The van der Waals surface area contributed by atoms with Gasteiger partial charge >= 0.3 is 0 Å². The molecule has 0 amide bonds. The second-order valence-corrected chi connectivity index (χ2v) is 5.18. The van der Waals surface area contributed by atoms with E-state index in [1.807, 2.05) is 0 Å². The Bertz CT molecular complexity index is 428. The summed E-state index contributed by atoms with van der Waals surface area (Å²) in [6.07, 6.45) is -0.334. The topological polar surface area (TPSA) is 74.1 Å². The van der Waals surface area contributed by atoms with Crippen LogP contribution < -0.4 is 0 Å². The minimum atomic E-state index is -3.85. The first-order chi connectivity index (χ1) is 6.38. The van der Waals surface area contributed by atoms with E-state index >= 15 is 0 Å². The van der Waals surface area contributed by atoms with Crippen molar-refractivity contribution >= 4 is 19.7 Å². The Morgan fingerprint density at radius 3 is 2.43 bits per heavy atom. The van der Waals surface area contributed by atoms with E-state index in [4.69, 9.17) is 15.4 Å². The maximum absolute atomic E-state index is 11.0. The van der Waals surface area contributed by atoms with Crippen LogP contribution >= 0.6 is 10.7 Å². The predicted octanol–water partition coefficient (Wildman–Crippen LogP) is 0.450. The summed E-state index contributed by atoms with van der Waals surface area (Å²) in [6, 6.07) is 0. The lowest BCUT2D eigenvalue weighted by Gasteiger charge is -2.07. The van der Waals surface area contributed by atoms with Crippen LogP contribution in [-0.4, -0.2) is 30.3 Å². The lowest BCUT2D eigenvalue weighted by atomic mass is 10.4. The summed E-state index contributed by atoms with van der Waals surface area (Å²) in [5.74, 6) is 0.409. The van der Waals surface area contributed by atoms with Crippen LogP contribution in [0.4, 0.5) is 0 Å². The summed E-state index contributed by atoms with van der Waals surface area (Å²) in [5, 5.41) is 6.87. The van der Waals surface area contributed by atoms with Crippen molar-refractivity contribution in [2.45, 2.75) is 18.2 Å². The normalized spacial score (nSPS) is 14.3. The Labute approximate surface area is 86.3 Å². The van der Waals surface area contributed by atoms with Gasteiger partial charge in [-0.15, -0.1) is 10.2 Å². The highest BCUT2D eigenvalue weighted by Crippen LogP contribution is 2.17. The first kappa shape index (κ1) is 11.4. The fourth-order valence-corrected chi connectivity index (χ4v) is 1.96. The number of aromatic nitrogens is 3. The van der Waals surface area contributed by atoms with Gasteiger partial charge in [0.05, 0.1) is 0 Å². The highest BCUT2D eigenvalue weighted by Gasteiger charge is 2.22. The van der Waals surface area contributed by atoms with Gasteiger partial charge in [-0.3, -0.25) is 0 Å². The van der Waals surface area contributed by atoms with Crippen LogP contribution in [0.25, 0.3) is 0 Å². The summed E-state index contributed by atoms with van der Waals surface area (Å²) in [4.78, 5) is 0. The van der Waals surface area contributed by atoms with Crippen molar-refractivity contribution in [3.8, 4) is 0 Å². The maximum Gasteiger partial charge on any atom is 0.296 e. The molecule has 6 nitrogen and oxygen atoms in total. The molecule has 0 aromatic carbocycles. The molecule has 0 spiro atoms. The van der Waals surface area contributed by atoms with Gasteiger partial charge in [0.1, 0.15) is 6.10 Å². The minimum Gasteiger partial charge on any atom is -0.374 e. The molecule has 14 heavy (non-hydrogen) atoms. The minimum absolute atomic E-state index is 0.280. The Kier molecular flexibility index (Phi) is 3.13. The summed E-state index contributed by atoms with van der Waals surface area (Å²) in [5.41, 5.74) is 0. The number of nitrogens with zero attached hydrogens (tertiary/aromatic N) is 3. The monoisotopic (exact) mass is 239 g/mol. The van der Waals surface area contributed by atoms with Crippen LogP contribution in [0.5, 0.6) is 0 Å². The molecule has 1 aromatic rings. The number of methoxy groups -OCH3 is 1. The van der Waals surface area contributed by atoms with E-state index in [0.717, 1.165) is 0 Å². The number of hydrogen-bond donors (Lipinski definition) is 0. The Hall–Kier alpha value is -0.660. The van der Waals surface area contributed by atoms with Gasteiger partial charge in [0.25, 0.3) is 14.2 Å². The first-order valence-electron chi connectivity index (χ1n) is 3.74. The van der Waals surface area contributed by atoms with E-state index in [0.29, 0.717) is 5.82 Å². The van der Waals surface area contributed by atoms with Crippen molar-refractivity contribution in [2.75, 3.05) is 7.11 Å². The molecular formula is C6H10ClN3O3S. The molecule has 1 aromatic heterocycles. The van der Waals surface area contributed by atoms with Crippen molar-refractivity contribution in [1.29, 1.82) is 0 Å². The highest BCUT2D eigenvalue weighted by molar-refractivity contribution is 8.13. The van der Waals surface area contributed by atoms with Gasteiger partial charge < -0.3 is 9.30 Å². The van der Waals surface area contributed by atoms with Gasteiger partial charge in [0.2, 0.25) is 0 Å². The molecule has 0 bridgehead atoms. The van der Waals surface area contributed by atoms with Crippen molar-refractivity contribution in [1.82, 2.24) is 14.8 Å². The van der Waals surface area contributed by atoms with E-state index < -0.39 is 9.05 Å². The van der Waals surface area contributed by atoms with Crippen molar-refractivity contribution in [3.63, 3.8) is 0 Å². The second kappa shape index (κ2) is 3.84. The average Bonchev–Trinajstić information content (AvgIpc) is 2.45. The smallest absolute Gasteiger partial charge is 0.296 e. The fraction of sp³-hybridized carbons (Fsp3) is 0.667. The second-order valence-electron chi connectivity index (χ2n) is 2.72. The van der Waals surface area contributed by atoms with Gasteiger partial charge in [0, 0.05) is 24.8 Å². The van der Waals surface area contributed by atoms with Gasteiger partial charge in [0.15, 0.2) is 5.82 Å². The van der Waals surface area contributed by atoms with Crippen LogP contribution in [0.15, 0.2) is 5.16 Å². The highest BCUT2D eigenvalue weighted by atomic mass is 35.7. The average molecular weight is 240 g/mol. The molecule has 0 saturated carbocycles. The SMILES string of the molecule is COC(C)c1nnc(S(=O)(=O)Cl)n1C. The number of hydrogen-bond acceptors (Lipinski definition) is 5. The van der Waals surface area contributed by atoms with E-state index in [-0.39, 0.29) is 11.3 Å². The number of halogens is 1. The molecule has 80 valence electrons. The van der Waals surface area contributed by atoms with E-state index in [9.17, 15) is 8.42 Å². The standard InChI is InChI=1S/C6H10ClN3O3S/c1-4(13-3)5-8-9-6(10(5)2)14(7,11)12/h4H,1-3H3. The molecule has 0 aliphatic rings. The summed E-state index contributed by atoms with van der Waals surface area (Å²) >= 11 is 0. The van der Waals surface area contributed by atoms with Crippen molar-refractivity contribution in [3.05, 3.63) is 5.82 Å². The predicted molar refractivity (Wildman–Crippen MR) is 49.5 cm³/mol. The quantitative estimate of drug-likeness (QED) is 0.716. The number of ether oxygens (including phenoxy) is 1. The molecule has 0 aliphatic heterocycles. The summed E-state index contributed by atoms with van der Waals surface area (Å²) in [6.45, 7) is 1.73. The summed E-state index contributed by atoms with van der Waals surface area (Å²) < 4.78 is 28.2. The molecule has 0 saturated heterocycles. The molecule has 0 aliphatic carbocycles. The van der Waals surface area contributed by atoms with Crippen LogP contribution in [0.2, 0.25) is 0 Å². The van der Waals surface area contributed by atoms with Crippen molar-refractivity contribution < 1.29 is 13.2 Å². The summed E-state index contributed by atoms with van der Waals surface area (Å²) in [7, 11) is 4.29. The molecular weight excluding hydrogens is 230 g/mol. The zero-order valence-corrected chi connectivity index (χ0v) is 9.50. The van der Waals surface area contributed by atoms with Crippen LogP contribution in [0.3, 0.4) is 0 Å². The molecule has 1 atom stereocenters. The molecule has 0 N–H and O–H groups in total. The Morgan fingerprint density at radius 1 is 1.50 bits per heavy atom. The zero-order chi connectivity index (χ0) is 10.9. The Balaban J connectivity index is 3.22. The fourth-order valence-electron chi connectivity index (χ4n) is 0.998. The van der Waals surface area contributed by atoms with Crippen LogP contribution in [0, 0.1) is 0 Å². The third-order valence-electron chi connectivity index (χ3n) is 1.80. The molecule has 1 unspecified atom stereocenters. The molecule has 0 radical (unpaired) electrons. The van der Waals surface area contributed by atoms with Crippen LogP contribution in [0.1, 0.15) is 18.9 Å². The van der Waals surface area contributed by atoms with Crippen LogP contribution in [-0.2, 0) is 20.8 Å². The maximum atomic E-state index is 11.0. The van der Waals surface area contributed by atoms with Gasteiger partial charge in [-0.2, -0.15) is 0 Å². The lowest BCUT2D eigenvalue weighted by molar-refractivity contribution is 0.109. The van der Waals surface area contributed by atoms with E-state index in [1.54, 1.807) is 6.92 Å². The Morgan fingerprint density at radius 2 is 2.07 bits per heavy atom. The van der Waals surface area contributed by atoms with Gasteiger partial charge in [-0.25, -0.2) is 8.42 Å². The van der Waals surface area contributed by atoms with E-state index in [1.165, 1.54) is 18.7 Å². The first-order valence-corrected chi connectivity index (χ1v) is 6.05. The largest absolute Gasteiger partial charge is 0.374 e. The van der Waals surface area contributed by atoms with Gasteiger partial charge in [-0.1, -0.05) is 0 Å². The third-order valence-corrected chi connectivity index (χ3v) is 3.01. The number of rotatable bonds is 3. The third kappa shape index (κ3) is 2.05. The lowest BCUT2D eigenvalue weighted by Crippen LogP contribution is -2.08. The van der Waals surface area contributed by atoms with Crippen molar-refractivity contribution in [2.24, 2.45) is 7.05 Å². The zero-order valence-electron chi connectivity index (χ0n) is 7.93. The van der Waals surface area contributed by atoms with E-state index in [2.05, 4.69) is 10.2 Å². The molecule has 0 fully saturated rings. The molecule has 1 heterocycles. The van der Waals surface area contributed by atoms with Gasteiger partial charge in [-0.05, 0) is 6.92 Å². The molecule has 8 heteroatoms. The molecule has 1 rings (SSSR count).